The van der Waals surface area contributed by atoms with Crippen LogP contribution in [0.25, 0.3) is 0 Å². The van der Waals surface area contributed by atoms with E-state index in [1.165, 1.54) is 18.2 Å². The van der Waals surface area contributed by atoms with Gasteiger partial charge in [-0.3, -0.25) is 9.59 Å². The number of rotatable bonds is 2. The molecular weight excluding hydrogens is 230 g/mol. The first-order chi connectivity index (χ1) is 7.88. The van der Waals surface area contributed by atoms with Crippen molar-refractivity contribution in [1.82, 2.24) is 5.32 Å². The third-order valence-corrected chi connectivity index (χ3v) is 2.45. The van der Waals surface area contributed by atoms with Crippen molar-refractivity contribution in [3.05, 3.63) is 29.3 Å². The number of benzene rings is 1. The number of alkyl halides is 2. The topological polar surface area (TPSA) is 58.2 Å². The van der Waals surface area contributed by atoms with Gasteiger partial charge in [0, 0.05) is 24.7 Å². The Labute approximate surface area is 96.0 Å². The fraction of sp³-hybridized carbons (Fsp3) is 0.273. The molecule has 1 aliphatic heterocycles. The van der Waals surface area contributed by atoms with Crippen LogP contribution in [0.15, 0.2) is 18.2 Å². The summed E-state index contributed by atoms with van der Waals surface area (Å²) in [7, 11) is 0. The number of fused-ring (bicyclic) bond motifs is 1. The Morgan fingerprint density at radius 1 is 1.47 bits per heavy atom. The third kappa shape index (κ3) is 2.25. The molecule has 1 aromatic carbocycles. The monoisotopic (exact) mass is 240 g/mol. The number of anilines is 1. The number of hydrogen-bond donors (Lipinski definition) is 2. The lowest BCUT2D eigenvalue weighted by Crippen LogP contribution is -2.31. The molecule has 0 unspecified atom stereocenters. The Bertz CT molecular complexity index is 495. The lowest BCUT2D eigenvalue weighted by molar-refractivity contribution is -0.137. The molecule has 0 atom stereocenters. The average molecular weight is 240 g/mol. The zero-order valence-electron chi connectivity index (χ0n) is 9.01. The van der Waals surface area contributed by atoms with E-state index in [0.29, 0.717) is 24.6 Å². The molecule has 1 heterocycles. The van der Waals surface area contributed by atoms with E-state index in [0.717, 1.165) is 0 Å². The normalized spacial score (nSPS) is 14.2. The molecule has 0 saturated carbocycles. The Hall–Kier alpha value is -1.98. The summed E-state index contributed by atoms with van der Waals surface area (Å²) in [5, 5.41) is 4.69. The van der Waals surface area contributed by atoms with Crippen LogP contribution in [0, 0.1) is 0 Å². The molecule has 17 heavy (non-hydrogen) atoms. The first-order valence-electron chi connectivity index (χ1n) is 4.98. The van der Waals surface area contributed by atoms with Crippen LogP contribution < -0.4 is 10.6 Å². The molecule has 1 aliphatic rings. The molecular formula is C11H10F2N2O2. The molecule has 90 valence electrons. The molecule has 2 rings (SSSR count). The van der Waals surface area contributed by atoms with E-state index in [2.05, 4.69) is 10.6 Å². The number of amides is 2. The zero-order valence-corrected chi connectivity index (χ0v) is 9.01. The van der Waals surface area contributed by atoms with E-state index in [-0.39, 0.29) is 11.6 Å². The van der Waals surface area contributed by atoms with Gasteiger partial charge in [-0.25, -0.2) is 0 Å². The second-order valence-corrected chi connectivity index (χ2v) is 3.90. The predicted octanol–water partition coefficient (Wildman–Crippen LogP) is 1.52. The van der Waals surface area contributed by atoms with Gasteiger partial charge in [-0.05, 0) is 23.8 Å². The SMILES string of the molecule is CC(F)(F)C(=O)Nc1ccc2c(c1)CNC2=O. The van der Waals surface area contributed by atoms with Crippen molar-refractivity contribution < 1.29 is 18.4 Å². The standard InChI is InChI=1S/C11H10F2N2O2/c1-11(12,13)10(17)15-7-2-3-8-6(4-7)5-14-9(8)16/h2-4H,5H2,1H3,(H,14,16)(H,15,17). The molecule has 4 nitrogen and oxygen atoms in total. The van der Waals surface area contributed by atoms with Gasteiger partial charge < -0.3 is 10.6 Å². The molecule has 0 spiro atoms. The van der Waals surface area contributed by atoms with Gasteiger partial charge in [0.05, 0.1) is 0 Å². The number of nitrogens with one attached hydrogen (secondary N) is 2. The summed E-state index contributed by atoms with van der Waals surface area (Å²) in [5.41, 5.74) is 1.45. The second-order valence-electron chi connectivity index (χ2n) is 3.90. The minimum atomic E-state index is -3.42. The van der Waals surface area contributed by atoms with Crippen molar-refractivity contribution in [2.45, 2.75) is 19.4 Å². The molecule has 0 aromatic heterocycles. The molecule has 1 aromatic rings. The van der Waals surface area contributed by atoms with E-state index in [9.17, 15) is 18.4 Å². The minimum Gasteiger partial charge on any atom is -0.348 e. The maximum atomic E-state index is 12.7. The highest BCUT2D eigenvalue weighted by atomic mass is 19.3. The molecule has 0 radical (unpaired) electrons. The summed E-state index contributed by atoms with van der Waals surface area (Å²) < 4.78 is 25.3. The van der Waals surface area contributed by atoms with Gasteiger partial charge in [-0.15, -0.1) is 0 Å². The van der Waals surface area contributed by atoms with Gasteiger partial charge in [-0.2, -0.15) is 8.78 Å². The van der Waals surface area contributed by atoms with Crippen LogP contribution in [-0.2, 0) is 11.3 Å². The highest BCUT2D eigenvalue weighted by Gasteiger charge is 2.32. The quantitative estimate of drug-likeness (QED) is 0.823. The van der Waals surface area contributed by atoms with Gasteiger partial charge >= 0.3 is 5.92 Å². The third-order valence-electron chi connectivity index (χ3n) is 2.45. The number of carbonyl (C=O) groups is 2. The van der Waals surface area contributed by atoms with E-state index in [1.807, 2.05) is 0 Å². The highest BCUT2D eigenvalue weighted by Crippen LogP contribution is 2.22. The highest BCUT2D eigenvalue weighted by molar-refractivity contribution is 6.00. The summed E-state index contributed by atoms with van der Waals surface area (Å²) in [4.78, 5) is 22.3. The Morgan fingerprint density at radius 2 is 2.18 bits per heavy atom. The molecule has 0 fully saturated rings. The lowest BCUT2D eigenvalue weighted by atomic mass is 10.1. The second kappa shape index (κ2) is 3.80. The number of halogens is 2. The van der Waals surface area contributed by atoms with Crippen LogP contribution in [0.1, 0.15) is 22.8 Å². The summed E-state index contributed by atoms with van der Waals surface area (Å²) in [5.74, 6) is -4.99. The average Bonchev–Trinajstić information content (AvgIpc) is 2.59. The predicted molar refractivity (Wildman–Crippen MR) is 56.9 cm³/mol. The zero-order chi connectivity index (χ0) is 12.6. The molecule has 6 heteroatoms. The van der Waals surface area contributed by atoms with Crippen molar-refractivity contribution in [3.8, 4) is 0 Å². The van der Waals surface area contributed by atoms with Crippen molar-refractivity contribution in [2.24, 2.45) is 0 Å². The maximum absolute atomic E-state index is 12.7. The fourth-order valence-electron chi connectivity index (χ4n) is 1.55. The summed E-state index contributed by atoms with van der Waals surface area (Å²) in [6.07, 6.45) is 0. The van der Waals surface area contributed by atoms with Crippen LogP contribution in [0.5, 0.6) is 0 Å². The number of carbonyl (C=O) groups excluding carboxylic acids is 2. The molecule has 0 aliphatic carbocycles. The van der Waals surface area contributed by atoms with E-state index in [4.69, 9.17) is 0 Å². The smallest absolute Gasteiger partial charge is 0.322 e. The summed E-state index contributed by atoms with van der Waals surface area (Å²) >= 11 is 0. The van der Waals surface area contributed by atoms with E-state index >= 15 is 0 Å². The molecule has 0 bridgehead atoms. The van der Waals surface area contributed by atoms with Crippen molar-refractivity contribution in [3.63, 3.8) is 0 Å². The molecule has 2 amide bonds. The van der Waals surface area contributed by atoms with Gasteiger partial charge in [0.2, 0.25) is 0 Å². The van der Waals surface area contributed by atoms with Crippen molar-refractivity contribution in [1.29, 1.82) is 0 Å². The van der Waals surface area contributed by atoms with Crippen molar-refractivity contribution >= 4 is 17.5 Å². The van der Waals surface area contributed by atoms with Gasteiger partial charge in [0.1, 0.15) is 0 Å². The van der Waals surface area contributed by atoms with Gasteiger partial charge in [0.25, 0.3) is 11.8 Å². The van der Waals surface area contributed by atoms with Gasteiger partial charge in [-0.1, -0.05) is 0 Å². The summed E-state index contributed by atoms with van der Waals surface area (Å²) in [6.45, 7) is 0.876. The van der Waals surface area contributed by atoms with Crippen molar-refractivity contribution in [2.75, 3.05) is 5.32 Å². The van der Waals surface area contributed by atoms with Crippen LogP contribution >= 0.6 is 0 Å². The van der Waals surface area contributed by atoms with Gasteiger partial charge in [0.15, 0.2) is 0 Å². The number of hydrogen-bond acceptors (Lipinski definition) is 2. The van der Waals surface area contributed by atoms with E-state index in [1.54, 1.807) is 0 Å². The first-order valence-corrected chi connectivity index (χ1v) is 4.98. The van der Waals surface area contributed by atoms with Crippen LogP contribution in [0.2, 0.25) is 0 Å². The van der Waals surface area contributed by atoms with Crippen LogP contribution in [-0.4, -0.2) is 17.7 Å². The minimum absolute atomic E-state index is 0.196. The Balaban J connectivity index is 2.20. The van der Waals surface area contributed by atoms with Crippen LogP contribution in [0.3, 0.4) is 0 Å². The fourth-order valence-corrected chi connectivity index (χ4v) is 1.55. The Morgan fingerprint density at radius 3 is 2.82 bits per heavy atom. The lowest BCUT2D eigenvalue weighted by Gasteiger charge is -2.11. The molecule has 0 saturated heterocycles. The maximum Gasteiger partial charge on any atom is 0.322 e. The van der Waals surface area contributed by atoms with E-state index < -0.39 is 11.8 Å². The summed E-state index contributed by atoms with van der Waals surface area (Å²) in [6, 6.07) is 4.44. The molecule has 2 N–H and O–H groups in total. The first kappa shape index (κ1) is 11.5. The van der Waals surface area contributed by atoms with Crippen LogP contribution in [0.4, 0.5) is 14.5 Å². The largest absolute Gasteiger partial charge is 0.348 e. The Kier molecular flexibility index (Phi) is 2.57.